The standard InChI is InChI=1S/C17H13ClN4S/c18-14-9-5-4-8-13(14)15-11-20-17-22(15)21-16(23-17)19-10-12-6-2-1-3-7-12/h1-9,11H,10H2,(H,19,21). The van der Waals surface area contributed by atoms with E-state index in [2.05, 4.69) is 27.5 Å². The van der Waals surface area contributed by atoms with E-state index in [-0.39, 0.29) is 0 Å². The zero-order valence-corrected chi connectivity index (χ0v) is 13.7. The highest BCUT2D eigenvalue weighted by Gasteiger charge is 2.13. The predicted molar refractivity (Wildman–Crippen MR) is 95.1 cm³/mol. The van der Waals surface area contributed by atoms with Gasteiger partial charge in [-0.15, -0.1) is 5.10 Å². The minimum atomic E-state index is 0.695. The molecule has 2 aromatic carbocycles. The molecule has 0 aliphatic heterocycles. The van der Waals surface area contributed by atoms with Crippen molar-refractivity contribution in [3.05, 3.63) is 71.4 Å². The first-order chi connectivity index (χ1) is 11.3. The van der Waals surface area contributed by atoms with Crippen LogP contribution in [0.4, 0.5) is 5.13 Å². The molecule has 6 heteroatoms. The van der Waals surface area contributed by atoms with Gasteiger partial charge in [-0.3, -0.25) is 0 Å². The molecule has 0 unspecified atom stereocenters. The molecule has 4 aromatic rings. The fraction of sp³-hybridized carbons (Fsp3) is 0.0588. The molecule has 0 amide bonds. The van der Waals surface area contributed by atoms with E-state index in [1.54, 1.807) is 6.20 Å². The van der Waals surface area contributed by atoms with Gasteiger partial charge in [0.2, 0.25) is 10.1 Å². The first kappa shape index (κ1) is 14.2. The number of rotatable bonds is 4. The third-order valence-corrected chi connectivity index (χ3v) is 4.73. The monoisotopic (exact) mass is 340 g/mol. The van der Waals surface area contributed by atoms with E-state index >= 15 is 0 Å². The smallest absolute Gasteiger partial charge is 0.214 e. The summed E-state index contributed by atoms with van der Waals surface area (Å²) < 4.78 is 1.83. The molecule has 2 heterocycles. The van der Waals surface area contributed by atoms with Crippen molar-refractivity contribution in [1.82, 2.24) is 14.6 Å². The molecule has 0 bridgehead atoms. The molecule has 1 N–H and O–H groups in total. The summed E-state index contributed by atoms with van der Waals surface area (Å²) in [5, 5.41) is 9.49. The Labute approximate surface area is 142 Å². The van der Waals surface area contributed by atoms with Crippen molar-refractivity contribution in [2.24, 2.45) is 0 Å². The quantitative estimate of drug-likeness (QED) is 0.584. The van der Waals surface area contributed by atoms with Crippen molar-refractivity contribution in [2.45, 2.75) is 6.54 Å². The molecular formula is C17H13ClN4S. The fourth-order valence-electron chi connectivity index (χ4n) is 2.39. The number of nitrogens with zero attached hydrogens (tertiary/aromatic N) is 3. The topological polar surface area (TPSA) is 42.2 Å². The number of halogens is 1. The van der Waals surface area contributed by atoms with Gasteiger partial charge >= 0.3 is 0 Å². The molecule has 4 nitrogen and oxygen atoms in total. The summed E-state index contributed by atoms with van der Waals surface area (Å²) in [6, 6.07) is 18.0. The summed E-state index contributed by atoms with van der Waals surface area (Å²) in [7, 11) is 0. The zero-order valence-electron chi connectivity index (χ0n) is 12.1. The maximum atomic E-state index is 6.28. The van der Waals surface area contributed by atoms with Gasteiger partial charge in [0.1, 0.15) is 0 Å². The first-order valence-electron chi connectivity index (χ1n) is 7.18. The van der Waals surface area contributed by atoms with Crippen LogP contribution in [-0.2, 0) is 6.54 Å². The molecule has 0 aliphatic carbocycles. The van der Waals surface area contributed by atoms with Gasteiger partial charge in [-0.2, -0.15) is 0 Å². The number of imidazole rings is 1. The van der Waals surface area contributed by atoms with Crippen LogP contribution in [0, 0.1) is 0 Å². The number of hydrogen-bond acceptors (Lipinski definition) is 4. The zero-order chi connectivity index (χ0) is 15.6. The van der Waals surface area contributed by atoms with E-state index in [9.17, 15) is 0 Å². The molecule has 114 valence electrons. The number of fused-ring (bicyclic) bond motifs is 1. The Hall–Kier alpha value is -2.37. The number of hydrogen-bond donors (Lipinski definition) is 1. The van der Waals surface area contributed by atoms with Crippen molar-refractivity contribution in [1.29, 1.82) is 0 Å². The lowest BCUT2D eigenvalue weighted by molar-refractivity contribution is 0.968. The predicted octanol–water partition coefficient (Wildman–Crippen LogP) is 4.72. The summed E-state index contributed by atoms with van der Waals surface area (Å²) in [5.41, 5.74) is 3.04. The number of aromatic nitrogens is 3. The normalized spacial score (nSPS) is 11.0. The largest absolute Gasteiger partial charge is 0.356 e. The van der Waals surface area contributed by atoms with Gasteiger partial charge < -0.3 is 5.32 Å². The van der Waals surface area contributed by atoms with Crippen molar-refractivity contribution in [3.63, 3.8) is 0 Å². The van der Waals surface area contributed by atoms with E-state index in [4.69, 9.17) is 11.6 Å². The average Bonchev–Trinajstić information content (AvgIpc) is 3.15. The summed E-state index contributed by atoms with van der Waals surface area (Å²) in [6.45, 7) is 0.735. The Kier molecular flexibility index (Phi) is 3.73. The van der Waals surface area contributed by atoms with Crippen LogP contribution in [0.25, 0.3) is 16.2 Å². The fourth-order valence-corrected chi connectivity index (χ4v) is 3.39. The van der Waals surface area contributed by atoms with E-state index in [0.717, 1.165) is 27.9 Å². The average molecular weight is 341 g/mol. The van der Waals surface area contributed by atoms with Crippen LogP contribution in [0.15, 0.2) is 60.8 Å². The lowest BCUT2D eigenvalue weighted by Crippen LogP contribution is -1.99. The highest BCUT2D eigenvalue weighted by Crippen LogP contribution is 2.30. The van der Waals surface area contributed by atoms with E-state index in [0.29, 0.717) is 5.02 Å². The minimum absolute atomic E-state index is 0.695. The first-order valence-corrected chi connectivity index (χ1v) is 8.38. The van der Waals surface area contributed by atoms with Crippen molar-refractivity contribution in [3.8, 4) is 11.3 Å². The summed E-state index contributed by atoms with van der Waals surface area (Å²) in [6.07, 6.45) is 1.81. The second kappa shape index (κ2) is 6.02. The molecule has 23 heavy (non-hydrogen) atoms. The van der Waals surface area contributed by atoms with Gasteiger partial charge in [0.25, 0.3) is 0 Å². The van der Waals surface area contributed by atoms with Crippen LogP contribution >= 0.6 is 22.9 Å². The van der Waals surface area contributed by atoms with Crippen molar-refractivity contribution >= 4 is 33.0 Å². The van der Waals surface area contributed by atoms with Gasteiger partial charge in [0, 0.05) is 12.1 Å². The number of anilines is 1. The Balaban J connectivity index is 1.63. The van der Waals surface area contributed by atoms with E-state index in [1.165, 1.54) is 16.9 Å². The highest BCUT2D eigenvalue weighted by molar-refractivity contribution is 7.20. The Morgan fingerprint density at radius 1 is 1.04 bits per heavy atom. The Morgan fingerprint density at radius 3 is 2.65 bits per heavy atom. The third-order valence-electron chi connectivity index (χ3n) is 3.52. The summed E-state index contributed by atoms with van der Waals surface area (Å²) in [5.74, 6) is 0. The molecule has 0 saturated heterocycles. The molecular weight excluding hydrogens is 328 g/mol. The maximum Gasteiger partial charge on any atom is 0.214 e. The molecule has 0 radical (unpaired) electrons. The van der Waals surface area contributed by atoms with Crippen molar-refractivity contribution in [2.75, 3.05) is 5.32 Å². The summed E-state index contributed by atoms with van der Waals surface area (Å²) >= 11 is 7.81. The van der Waals surface area contributed by atoms with Gasteiger partial charge in [-0.1, -0.05) is 71.5 Å². The number of benzene rings is 2. The second-order valence-electron chi connectivity index (χ2n) is 5.06. The lowest BCUT2D eigenvalue weighted by Gasteiger charge is -2.02. The summed E-state index contributed by atoms with van der Waals surface area (Å²) in [4.78, 5) is 5.28. The molecule has 0 saturated carbocycles. The minimum Gasteiger partial charge on any atom is -0.356 e. The second-order valence-corrected chi connectivity index (χ2v) is 6.43. The number of nitrogens with one attached hydrogen (secondary N) is 1. The van der Waals surface area contributed by atoms with Crippen LogP contribution in [0.2, 0.25) is 5.02 Å². The van der Waals surface area contributed by atoms with Crippen LogP contribution in [0.5, 0.6) is 0 Å². The van der Waals surface area contributed by atoms with Gasteiger partial charge in [-0.05, 0) is 11.6 Å². The molecule has 0 fully saturated rings. The molecule has 2 aromatic heterocycles. The molecule has 0 spiro atoms. The SMILES string of the molecule is Clc1ccccc1-c1cnc2sc(NCc3ccccc3)nn12. The van der Waals surface area contributed by atoms with Gasteiger partial charge in [-0.25, -0.2) is 9.50 Å². The highest BCUT2D eigenvalue weighted by atomic mass is 35.5. The maximum absolute atomic E-state index is 6.28. The van der Waals surface area contributed by atoms with Gasteiger partial charge in [0.05, 0.1) is 16.9 Å². The van der Waals surface area contributed by atoms with Crippen LogP contribution in [0.3, 0.4) is 0 Å². The Morgan fingerprint density at radius 2 is 1.83 bits per heavy atom. The van der Waals surface area contributed by atoms with Crippen LogP contribution in [0.1, 0.15) is 5.56 Å². The van der Waals surface area contributed by atoms with Crippen LogP contribution < -0.4 is 5.32 Å². The van der Waals surface area contributed by atoms with E-state index < -0.39 is 0 Å². The molecule has 0 atom stereocenters. The Bertz CT molecular complexity index is 946. The van der Waals surface area contributed by atoms with Crippen molar-refractivity contribution < 1.29 is 0 Å². The lowest BCUT2D eigenvalue weighted by atomic mass is 10.2. The molecule has 4 rings (SSSR count). The third kappa shape index (κ3) is 2.81. The molecule has 0 aliphatic rings. The van der Waals surface area contributed by atoms with Gasteiger partial charge in [0.15, 0.2) is 0 Å². The van der Waals surface area contributed by atoms with Crippen LogP contribution in [-0.4, -0.2) is 14.6 Å². The van der Waals surface area contributed by atoms with E-state index in [1.807, 2.05) is 47.0 Å².